The van der Waals surface area contributed by atoms with Gasteiger partial charge in [-0.2, -0.15) is 0 Å². The molecule has 0 spiro atoms. The number of carbonyl (C=O) groups excluding carboxylic acids is 3. The third kappa shape index (κ3) is 9.86. The molecule has 0 saturated heterocycles. The first-order valence-corrected chi connectivity index (χ1v) is 16.6. The molecule has 0 aliphatic heterocycles. The molecule has 2 N–H and O–H groups in total. The summed E-state index contributed by atoms with van der Waals surface area (Å²) >= 11 is 0. The van der Waals surface area contributed by atoms with Crippen LogP contribution in [0.4, 0.5) is 0 Å². The molecule has 1 aromatic heterocycles. The van der Waals surface area contributed by atoms with Crippen LogP contribution in [-0.2, 0) is 34.6 Å². The van der Waals surface area contributed by atoms with Gasteiger partial charge in [0.05, 0.1) is 23.9 Å². The summed E-state index contributed by atoms with van der Waals surface area (Å²) in [4.78, 5) is 44.2. The van der Waals surface area contributed by atoms with E-state index in [1.807, 2.05) is 50.2 Å². The molecule has 2 atom stereocenters. The molecule has 1 heterocycles. The van der Waals surface area contributed by atoms with Gasteiger partial charge in [0.2, 0.25) is 12.3 Å². The lowest BCUT2D eigenvalue weighted by Gasteiger charge is -2.32. The molecule has 0 fully saturated rings. The van der Waals surface area contributed by atoms with Crippen LogP contribution in [0.1, 0.15) is 67.6 Å². The second kappa shape index (κ2) is 17.7. The average molecular weight is 642 g/mol. The Kier molecular flexibility index (Phi) is 14.0. The van der Waals surface area contributed by atoms with E-state index in [-0.39, 0.29) is 24.9 Å². The van der Waals surface area contributed by atoms with Gasteiger partial charge in [0.25, 0.3) is 5.91 Å². The quantitative estimate of drug-likeness (QED) is 0.0557. The molecular formula is C33H44N3O8P. The number of rotatable bonds is 19. The largest absolute Gasteiger partial charge is 0.451 e. The lowest BCUT2D eigenvalue weighted by atomic mass is 9.90. The third-order valence-electron chi connectivity index (χ3n) is 7.48. The van der Waals surface area contributed by atoms with Crippen molar-refractivity contribution < 1.29 is 37.3 Å². The van der Waals surface area contributed by atoms with E-state index in [1.165, 1.54) is 25.3 Å². The van der Waals surface area contributed by atoms with Crippen LogP contribution in [0, 0.1) is 12.8 Å². The average Bonchev–Trinajstić information content (AvgIpc) is 3.56. The Hall–Kier alpha value is -3.76. The van der Waals surface area contributed by atoms with Crippen LogP contribution < -0.4 is 15.9 Å². The van der Waals surface area contributed by atoms with Crippen LogP contribution in [0.5, 0.6) is 0 Å². The Bertz CT molecular complexity index is 1440. The number of hydroxylamine groups is 2. The molecule has 12 heteroatoms. The summed E-state index contributed by atoms with van der Waals surface area (Å²) in [6, 6.07) is 17.3. The fraction of sp³-hybridized carbons (Fsp3) is 0.424. The minimum Gasteiger partial charge on any atom is -0.451 e. The summed E-state index contributed by atoms with van der Waals surface area (Å²) in [5, 5.41) is 7.06. The van der Waals surface area contributed by atoms with Crippen LogP contribution in [0.25, 0.3) is 11.3 Å². The maximum absolute atomic E-state index is 13.4. The first-order chi connectivity index (χ1) is 21.7. The van der Waals surface area contributed by atoms with Crippen LogP contribution in [0.15, 0.2) is 65.1 Å². The van der Waals surface area contributed by atoms with Crippen molar-refractivity contribution in [3.05, 3.63) is 77.6 Å². The molecule has 0 unspecified atom stereocenters. The highest BCUT2D eigenvalue weighted by atomic mass is 31.2. The molecule has 11 nitrogen and oxygen atoms in total. The lowest BCUT2D eigenvalue weighted by Crippen LogP contribution is -2.48. The van der Waals surface area contributed by atoms with Crippen molar-refractivity contribution in [3.8, 4) is 11.3 Å². The Morgan fingerprint density at radius 1 is 1.00 bits per heavy atom. The van der Waals surface area contributed by atoms with Crippen molar-refractivity contribution in [1.82, 2.24) is 15.7 Å². The standard InChI is InChI=1S/C33H44N3O8P/c1-6-8-10-15-28(29(7-2)36(23-37)43-21-25-13-11-9-12-14-25)32(38)34-22-35-33(39)31-17-16-30(44-31)26-18-24(3)19-27(20-26)45(40,41-4)42-5/h9,11-14,16-20,23,28-29H,6-8,10,15,21-22H2,1-5H3,(H,34,38)(H,35,39)/t28-,29-/m1/s1. The minimum atomic E-state index is -3.49. The van der Waals surface area contributed by atoms with Gasteiger partial charge in [0.15, 0.2) is 5.76 Å². The van der Waals surface area contributed by atoms with Crippen molar-refractivity contribution in [2.45, 2.75) is 65.5 Å². The number of nitrogens with zero attached hydrogens (tertiary/aromatic N) is 1. The highest BCUT2D eigenvalue weighted by molar-refractivity contribution is 7.62. The van der Waals surface area contributed by atoms with E-state index < -0.39 is 25.5 Å². The van der Waals surface area contributed by atoms with Crippen molar-refractivity contribution in [2.75, 3.05) is 20.9 Å². The summed E-state index contributed by atoms with van der Waals surface area (Å²) in [6.45, 7) is 5.88. The topological polar surface area (TPSA) is 136 Å². The van der Waals surface area contributed by atoms with Gasteiger partial charge in [-0.05, 0) is 61.2 Å². The van der Waals surface area contributed by atoms with Crippen molar-refractivity contribution in [1.29, 1.82) is 0 Å². The van der Waals surface area contributed by atoms with E-state index in [1.54, 1.807) is 18.2 Å². The van der Waals surface area contributed by atoms with Crippen LogP contribution in [-0.4, -0.2) is 50.2 Å². The first kappa shape index (κ1) is 35.7. The minimum absolute atomic E-state index is 0.0383. The van der Waals surface area contributed by atoms with Crippen LogP contribution in [0.3, 0.4) is 0 Å². The molecular weight excluding hydrogens is 597 g/mol. The summed E-state index contributed by atoms with van der Waals surface area (Å²) in [5.74, 6) is -0.929. The number of amides is 3. The molecule has 45 heavy (non-hydrogen) atoms. The molecule has 0 bridgehead atoms. The third-order valence-corrected chi connectivity index (χ3v) is 9.33. The monoisotopic (exact) mass is 641 g/mol. The second-order valence-electron chi connectivity index (χ2n) is 10.6. The van der Waals surface area contributed by atoms with Gasteiger partial charge < -0.3 is 24.1 Å². The van der Waals surface area contributed by atoms with Gasteiger partial charge in [0, 0.05) is 19.8 Å². The molecule has 2 aromatic carbocycles. The number of unbranched alkanes of at least 4 members (excludes halogenated alkanes) is 2. The zero-order valence-corrected chi connectivity index (χ0v) is 27.5. The van der Waals surface area contributed by atoms with E-state index in [2.05, 4.69) is 17.6 Å². The molecule has 244 valence electrons. The van der Waals surface area contributed by atoms with E-state index in [9.17, 15) is 18.9 Å². The van der Waals surface area contributed by atoms with E-state index in [0.29, 0.717) is 35.9 Å². The predicted octanol–water partition coefficient (Wildman–Crippen LogP) is 5.74. The van der Waals surface area contributed by atoms with E-state index >= 15 is 0 Å². The fourth-order valence-corrected chi connectivity index (χ4v) is 6.31. The SMILES string of the molecule is CCCCC[C@@H](C(=O)NCNC(=O)c1ccc(-c2cc(C)cc(P(=O)(OC)OC)c2)o1)[C@@H](CC)N(C=O)OCc1ccccc1. The van der Waals surface area contributed by atoms with Gasteiger partial charge in [-0.15, -0.1) is 0 Å². The van der Waals surface area contributed by atoms with E-state index in [0.717, 1.165) is 30.4 Å². The maximum Gasteiger partial charge on any atom is 0.360 e. The fourth-order valence-electron chi connectivity index (χ4n) is 5.08. The predicted molar refractivity (Wildman–Crippen MR) is 171 cm³/mol. The van der Waals surface area contributed by atoms with Gasteiger partial charge in [0.1, 0.15) is 12.4 Å². The summed E-state index contributed by atoms with van der Waals surface area (Å²) in [5.41, 5.74) is 2.31. The maximum atomic E-state index is 13.4. The Morgan fingerprint density at radius 3 is 2.38 bits per heavy atom. The summed E-state index contributed by atoms with van der Waals surface area (Å²) in [7, 11) is -0.862. The highest BCUT2D eigenvalue weighted by Gasteiger charge is 2.32. The smallest absolute Gasteiger partial charge is 0.360 e. The van der Waals surface area contributed by atoms with Gasteiger partial charge >= 0.3 is 7.60 Å². The van der Waals surface area contributed by atoms with E-state index in [4.69, 9.17) is 18.3 Å². The number of aryl methyl sites for hydroxylation is 1. The first-order valence-electron chi connectivity index (χ1n) is 15.1. The number of carbonyl (C=O) groups is 3. The van der Waals surface area contributed by atoms with Gasteiger partial charge in [-0.3, -0.25) is 23.8 Å². The lowest BCUT2D eigenvalue weighted by molar-refractivity contribution is -0.200. The summed E-state index contributed by atoms with van der Waals surface area (Å²) < 4.78 is 28.9. The molecule has 0 radical (unpaired) electrons. The second-order valence-corrected chi connectivity index (χ2v) is 12.9. The zero-order chi connectivity index (χ0) is 32.8. The van der Waals surface area contributed by atoms with Crippen molar-refractivity contribution in [3.63, 3.8) is 0 Å². The molecule has 0 aliphatic rings. The number of hydrogen-bond donors (Lipinski definition) is 2. The number of nitrogens with one attached hydrogen (secondary N) is 2. The molecule has 0 aliphatic carbocycles. The normalized spacial score (nSPS) is 12.7. The molecule has 3 rings (SSSR count). The molecule has 3 aromatic rings. The number of benzene rings is 2. The zero-order valence-electron chi connectivity index (χ0n) is 26.6. The van der Waals surface area contributed by atoms with Crippen molar-refractivity contribution in [2.24, 2.45) is 5.92 Å². The van der Waals surface area contributed by atoms with Crippen LogP contribution >= 0.6 is 7.60 Å². The highest BCUT2D eigenvalue weighted by Crippen LogP contribution is 2.46. The van der Waals surface area contributed by atoms with Crippen molar-refractivity contribution >= 4 is 31.1 Å². The van der Waals surface area contributed by atoms with Gasteiger partial charge in [-0.25, -0.2) is 5.06 Å². The molecule has 3 amide bonds. The molecule has 0 saturated carbocycles. The summed E-state index contributed by atoms with van der Waals surface area (Å²) in [6.07, 6.45) is 4.42. The number of furan rings is 1. The Morgan fingerprint density at radius 2 is 1.73 bits per heavy atom. The van der Waals surface area contributed by atoms with Gasteiger partial charge in [-0.1, -0.05) is 63.4 Å². The Labute approximate surface area is 265 Å². The Balaban J connectivity index is 1.66. The van der Waals surface area contributed by atoms with Crippen LogP contribution in [0.2, 0.25) is 0 Å². The number of hydrogen-bond acceptors (Lipinski definition) is 8.